The van der Waals surface area contributed by atoms with E-state index in [1.54, 1.807) is 23.5 Å². The minimum absolute atomic E-state index is 0.0989. The molecule has 2 aromatic heterocycles. The van der Waals surface area contributed by atoms with Gasteiger partial charge in [-0.25, -0.2) is 5.43 Å². The van der Waals surface area contributed by atoms with Gasteiger partial charge in [0.1, 0.15) is 5.75 Å². The number of nitrogens with zero attached hydrogens (tertiary/aromatic N) is 2. The summed E-state index contributed by atoms with van der Waals surface area (Å²) in [7, 11) is 0. The Morgan fingerprint density at radius 1 is 1.22 bits per heavy atom. The standard InChI is InChI=1S/C20H16N4O2S/c1-12-6-9-19(27-12)16-10-17(23-22-16)20(26)24-21-11-15-14-5-3-2-4-13(14)7-8-18(15)25/h2-11,25H,1H3,(H,22,23)(H,24,26). The molecule has 0 aliphatic rings. The van der Waals surface area contributed by atoms with Crippen LogP contribution in [0.5, 0.6) is 5.75 Å². The lowest BCUT2D eigenvalue weighted by Crippen LogP contribution is -2.18. The molecule has 0 spiro atoms. The molecule has 134 valence electrons. The first-order valence-corrected chi connectivity index (χ1v) is 9.10. The van der Waals surface area contributed by atoms with Crippen molar-refractivity contribution in [2.24, 2.45) is 5.10 Å². The number of benzene rings is 2. The maximum absolute atomic E-state index is 12.3. The summed E-state index contributed by atoms with van der Waals surface area (Å²) in [6, 6.07) is 16.8. The molecule has 0 atom stereocenters. The highest BCUT2D eigenvalue weighted by molar-refractivity contribution is 7.15. The van der Waals surface area contributed by atoms with Crippen molar-refractivity contribution >= 4 is 34.2 Å². The van der Waals surface area contributed by atoms with Crippen molar-refractivity contribution in [2.45, 2.75) is 6.92 Å². The molecule has 4 aromatic rings. The Bertz CT molecular complexity index is 1160. The molecular formula is C20H16N4O2S. The lowest BCUT2D eigenvalue weighted by atomic mass is 10.0. The molecule has 0 aliphatic heterocycles. The van der Waals surface area contributed by atoms with E-state index >= 15 is 0 Å². The smallest absolute Gasteiger partial charge is 0.291 e. The van der Waals surface area contributed by atoms with Crippen molar-refractivity contribution < 1.29 is 9.90 Å². The normalized spacial score (nSPS) is 11.3. The number of nitrogens with one attached hydrogen (secondary N) is 2. The zero-order valence-electron chi connectivity index (χ0n) is 14.4. The fourth-order valence-corrected chi connectivity index (χ4v) is 3.61. The number of phenols is 1. The third kappa shape index (κ3) is 3.45. The Balaban J connectivity index is 1.52. The summed E-state index contributed by atoms with van der Waals surface area (Å²) in [5, 5.41) is 22.8. The molecule has 0 fully saturated rings. The van der Waals surface area contributed by atoms with Gasteiger partial charge in [0.05, 0.1) is 16.8 Å². The van der Waals surface area contributed by atoms with Crippen LogP contribution in [0, 0.1) is 6.92 Å². The molecule has 0 saturated heterocycles. The molecule has 0 saturated carbocycles. The topological polar surface area (TPSA) is 90.4 Å². The van der Waals surface area contributed by atoms with Crippen LogP contribution in [0.3, 0.4) is 0 Å². The number of amides is 1. The number of rotatable bonds is 4. The number of hydrogen-bond acceptors (Lipinski definition) is 5. The largest absolute Gasteiger partial charge is 0.507 e. The molecule has 0 unspecified atom stereocenters. The van der Waals surface area contributed by atoms with Gasteiger partial charge in [-0.05, 0) is 42.0 Å². The SMILES string of the molecule is Cc1ccc(-c2cc(C(=O)NN=Cc3c(O)ccc4ccccc34)n[nH]2)s1. The highest BCUT2D eigenvalue weighted by Crippen LogP contribution is 2.27. The first kappa shape index (κ1) is 17.0. The van der Waals surface area contributed by atoms with Gasteiger partial charge < -0.3 is 5.11 Å². The number of aromatic hydroxyl groups is 1. The van der Waals surface area contributed by atoms with E-state index in [2.05, 4.69) is 20.7 Å². The van der Waals surface area contributed by atoms with Crippen LogP contribution >= 0.6 is 11.3 Å². The number of thiophene rings is 1. The fraction of sp³-hybridized carbons (Fsp3) is 0.0500. The van der Waals surface area contributed by atoms with Gasteiger partial charge in [0.2, 0.25) is 0 Å². The fourth-order valence-electron chi connectivity index (χ4n) is 2.78. The first-order valence-electron chi connectivity index (χ1n) is 8.28. The number of phenolic OH excluding ortho intramolecular Hbond substituents is 1. The lowest BCUT2D eigenvalue weighted by molar-refractivity contribution is 0.0950. The molecule has 0 bridgehead atoms. The Morgan fingerprint density at radius 3 is 2.89 bits per heavy atom. The summed E-state index contributed by atoms with van der Waals surface area (Å²) in [4.78, 5) is 14.5. The highest BCUT2D eigenvalue weighted by atomic mass is 32.1. The van der Waals surface area contributed by atoms with Crippen molar-refractivity contribution in [1.29, 1.82) is 0 Å². The van der Waals surface area contributed by atoms with Crippen LogP contribution in [0.1, 0.15) is 20.9 Å². The van der Waals surface area contributed by atoms with Crippen molar-refractivity contribution in [3.05, 3.63) is 70.7 Å². The molecular weight excluding hydrogens is 360 g/mol. The Morgan fingerprint density at radius 2 is 2.07 bits per heavy atom. The Labute approximate surface area is 159 Å². The van der Waals surface area contributed by atoms with Gasteiger partial charge in [0, 0.05) is 10.4 Å². The molecule has 2 heterocycles. The average Bonchev–Trinajstić information content (AvgIpc) is 3.32. The molecule has 1 amide bonds. The van der Waals surface area contributed by atoms with E-state index in [-0.39, 0.29) is 11.4 Å². The van der Waals surface area contributed by atoms with Gasteiger partial charge >= 0.3 is 0 Å². The molecule has 3 N–H and O–H groups in total. The minimum atomic E-state index is -0.429. The van der Waals surface area contributed by atoms with Gasteiger partial charge in [0.15, 0.2) is 5.69 Å². The summed E-state index contributed by atoms with van der Waals surface area (Å²) < 4.78 is 0. The van der Waals surface area contributed by atoms with E-state index < -0.39 is 5.91 Å². The van der Waals surface area contributed by atoms with Crippen LogP contribution in [0.15, 0.2) is 59.7 Å². The monoisotopic (exact) mass is 376 g/mol. The van der Waals surface area contributed by atoms with Gasteiger partial charge in [-0.15, -0.1) is 11.3 Å². The molecule has 7 heteroatoms. The van der Waals surface area contributed by atoms with Crippen LogP contribution < -0.4 is 5.43 Å². The van der Waals surface area contributed by atoms with Gasteiger partial charge in [-0.1, -0.05) is 30.3 Å². The predicted octanol–water partition coefficient (Wildman–Crippen LogP) is 4.07. The summed E-state index contributed by atoms with van der Waals surface area (Å²) in [5.74, 6) is -0.330. The Hall–Kier alpha value is -3.45. The number of aromatic amines is 1. The maximum atomic E-state index is 12.3. The Kier molecular flexibility index (Phi) is 4.43. The summed E-state index contributed by atoms with van der Waals surface area (Å²) in [6.07, 6.45) is 1.44. The zero-order chi connectivity index (χ0) is 18.8. The number of hydrogen-bond donors (Lipinski definition) is 3. The zero-order valence-corrected chi connectivity index (χ0v) is 15.2. The van der Waals surface area contributed by atoms with Crippen molar-refractivity contribution in [3.63, 3.8) is 0 Å². The minimum Gasteiger partial charge on any atom is -0.507 e. The molecule has 0 radical (unpaired) electrons. The number of H-pyrrole nitrogens is 1. The molecule has 0 aliphatic carbocycles. The van der Waals surface area contributed by atoms with Crippen molar-refractivity contribution in [3.8, 4) is 16.3 Å². The second-order valence-electron chi connectivity index (χ2n) is 6.00. The highest BCUT2D eigenvalue weighted by Gasteiger charge is 2.12. The van der Waals surface area contributed by atoms with E-state index in [0.29, 0.717) is 5.56 Å². The van der Waals surface area contributed by atoms with Crippen molar-refractivity contribution in [1.82, 2.24) is 15.6 Å². The average molecular weight is 376 g/mol. The van der Waals surface area contributed by atoms with E-state index in [0.717, 1.165) is 21.3 Å². The second kappa shape index (κ2) is 7.05. The number of carbonyl (C=O) groups is 1. The predicted molar refractivity (Wildman–Crippen MR) is 107 cm³/mol. The van der Waals surface area contributed by atoms with Crippen LogP contribution in [0.25, 0.3) is 21.3 Å². The van der Waals surface area contributed by atoms with Gasteiger partial charge in [-0.3, -0.25) is 9.89 Å². The van der Waals surface area contributed by atoms with E-state index in [1.807, 2.05) is 49.4 Å². The van der Waals surface area contributed by atoms with Gasteiger partial charge in [0.25, 0.3) is 5.91 Å². The quantitative estimate of drug-likeness (QED) is 0.370. The van der Waals surface area contributed by atoms with Crippen LogP contribution in [-0.2, 0) is 0 Å². The third-order valence-electron chi connectivity index (χ3n) is 4.12. The number of fused-ring (bicyclic) bond motifs is 1. The number of carbonyl (C=O) groups excluding carboxylic acids is 1. The van der Waals surface area contributed by atoms with Crippen molar-refractivity contribution in [2.75, 3.05) is 0 Å². The van der Waals surface area contributed by atoms with E-state index in [4.69, 9.17) is 0 Å². The molecule has 27 heavy (non-hydrogen) atoms. The first-order chi connectivity index (χ1) is 13.1. The molecule has 4 rings (SSSR count). The van der Waals surface area contributed by atoms with Gasteiger partial charge in [-0.2, -0.15) is 10.2 Å². The number of aryl methyl sites for hydroxylation is 1. The molecule has 6 nitrogen and oxygen atoms in total. The number of aromatic nitrogens is 2. The summed E-state index contributed by atoms with van der Waals surface area (Å²) in [5.41, 5.74) is 4.03. The lowest BCUT2D eigenvalue weighted by Gasteiger charge is -2.04. The van der Waals surface area contributed by atoms with Crippen LogP contribution in [0.4, 0.5) is 0 Å². The summed E-state index contributed by atoms with van der Waals surface area (Å²) >= 11 is 1.62. The maximum Gasteiger partial charge on any atom is 0.291 e. The number of hydrazone groups is 1. The van der Waals surface area contributed by atoms with Crippen LogP contribution in [-0.4, -0.2) is 27.4 Å². The van der Waals surface area contributed by atoms with E-state index in [9.17, 15) is 9.90 Å². The van der Waals surface area contributed by atoms with E-state index in [1.165, 1.54) is 11.1 Å². The second-order valence-corrected chi connectivity index (χ2v) is 7.28. The van der Waals surface area contributed by atoms with Crippen LogP contribution in [0.2, 0.25) is 0 Å². The third-order valence-corrected chi connectivity index (χ3v) is 5.16. The summed E-state index contributed by atoms with van der Waals surface area (Å²) in [6.45, 7) is 2.02. The molecule has 2 aromatic carbocycles.